The van der Waals surface area contributed by atoms with Gasteiger partial charge in [0.25, 0.3) is 5.91 Å². The molecule has 1 unspecified atom stereocenters. The van der Waals surface area contributed by atoms with E-state index in [9.17, 15) is 4.79 Å². The average Bonchev–Trinajstić information content (AvgIpc) is 3.51. The van der Waals surface area contributed by atoms with Crippen LogP contribution >= 0.6 is 23.4 Å². The monoisotopic (exact) mass is 436 g/mol. The van der Waals surface area contributed by atoms with Crippen LogP contribution in [-0.4, -0.2) is 32.3 Å². The molecule has 0 saturated carbocycles. The minimum absolute atomic E-state index is 0.106. The van der Waals surface area contributed by atoms with E-state index in [1.165, 1.54) is 16.8 Å². The molecule has 1 amide bonds. The van der Waals surface area contributed by atoms with Crippen molar-refractivity contribution in [1.82, 2.24) is 15.0 Å². The fourth-order valence-electron chi connectivity index (χ4n) is 3.45. The topological polar surface area (TPSA) is 74.5 Å². The number of nitrogens with one attached hydrogen (secondary N) is 1. The van der Waals surface area contributed by atoms with Gasteiger partial charge in [0.15, 0.2) is 5.16 Å². The number of hydrogen-bond acceptors (Lipinski definition) is 5. The first-order chi connectivity index (χ1) is 14.7. The Kier molecular flexibility index (Phi) is 5.06. The summed E-state index contributed by atoms with van der Waals surface area (Å²) in [5.74, 6) is 0.824. The number of amides is 1. The van der Waals surface area contributed by atoms with E-state index in [0.29, 0.717) is 22.4 Å². The summed E-state index contributed by atoms with van der Waals surface area (Å²) in [7, 11) is 0. The number of H-pyrrole nitrogens is 1. The third-order valence-electron chi connectivity index (χ3n) is 4.91. The van der Waals surface area contributed by atoms with Crippen LogP contribution in [0.2, 0.25) is 5.02 Å². The fourth-order valence-corrected chi connectivity index (χ4v) is 4.32. The lowest BCUT2D eigenvalue weighted by atomic mass is 10.0. The second kappa shape index (κ2) is 8.01. The zero-order chi connectivity index (χ0) is 20.5. The molecule has 0 spiro atoms. The summed E-state index contributed by atoms with van der Waals surface area (Å²) in [6.45, 7) is 0. The third-order valence-corrected chi connectivity index (χ3v) is 6.03. The smallest absolute Gasteiger partial charge is 0.253 e. The highest BCUT2D eigenvalue weighted by molar-refractivity contribution is 7.99. The number of imidazole rings is 1. The maximum atomic E-state index is 13.1. The van der Waals surface area contributed by atoms with Gasteiger partial charge in [-0.05, 0) is 42.0 Å². The van der Waals surface area contributed by atoms with Crippen LogP contribution in [0.5, 0.6) is 0 Å². The molecule has 0 saturated heterocycles. The molecule has 5 rings (SSSR count). The maximum Gasteiger partial charge on any atom is 0.253 e. The number of aromatic amines is 1. The highest BCUT2D eigenvalue weighted by Gasteiger charge is 2.34. The Bertz CT molecular complexity index is 1180. The van der Waals surface area contributed by atoms with Gasteiger partial charge in [0, 0.05) is 11.4 Å². The van der Waals surface area contributed by atoms with Gasteiger partial charge in [0.2, 0.25) is 0 Å². The van der Waals surface area contributed by atoms with Crippen LogP contribution in [0.25, 0.3) is 11.0 Å². The van der Waals surface area contributed by atoms with Gasteiger partial charge in [-0.2, -0.15) is 5.10 Å². The lowest BCUT2D eigenvalue weighted by Gasteiger charge is -2.19. The zero-order valence-corrected chi connectivity index (χ0v) is 17.4. The van der Waals surface area contributed by atoms with Gasteiger partial charge in [-0.25, -0.2) is 9.99 Å². The molecule has 1 atom stereocenters. The van der Waals surface area contributed by atoms with Crippen molar-refractivity contribution in [3.05, 3.63) is 83.3 Å². The number of hydrogen-bond donors (Lipinski definition) is 1. The van der Waals surface area contributed by atoms with E-state index in [-0.39, 0.29) is 17.7 Å². The number of furan rings is 1. The van der Waals surface area contributed by atoms with Gasteiger partial charge in [-0.3, -0.25) is 4.79 Å². The predicted molar refractivity (Wildman–Crippen MR) is 118 cm³/mol. The number of halogens is 1. The van der Waals surface area contributed by atoms with Gasteiger partial charge in [-0.15, -0.1) is 0 Å². The van der Waals surface area contributed by atoms with Gasteiger partial charge in [0.05, 0.1) is 28.8 Å². The van der Waals surface area contributed by atoms with E-state index in [1.807, 2.05) is 60.7 Å². The highest BCUT2D eigenvalue weighted by Crippen LogP contribution is 2.34. The van der Waals surface area contributed by atoms with Crippen LogP contribution in [0.1, 0.15) is 23.8 Å². The molecular weight excluding hydrogens is 420 g/mol. The van der Waals surface area contributed by atoms with E-state index in [2.05, 4.69) is 15.1 Å². The number of nitrogens with zero attached hydrogens (tertiary/aromatic N) is 3. The maximum absolute atomic E-state index is 13.1. The number of rotatable bonds is 5. The zero-order valence-electron chi connectivity index (χ0n) is 15.8. The normalized spacial score (nSPS) is 16.2. The van der Waals surface area contributed by atoms with Gasteiger partial charge < -0.3 is 9.40 Å². The molecule has 0 bridgehead atoms. The molecule has 4 aromatic rings. The summed E-state index contributed by atoms with van der Waals surface area (Å²) < 4.78 is 5.59. The molecule has 1 aliphatic rings. The van der Waals surface area contributed by atoms with E-state index < -0.39 is 0 Å². The lowest BCUT2D eigenvalue weighted by Crippen LogP contribution is -2.28. The largest absolute Gasteiger partial charge is 0.467 e. The van der Waals surface area contributed by atoms with Crippen molar-refractivity contribution >= 4 is 46.0 Å². The molecule has 1 aliphatic heterocycles. The molecule has 150 valence electrons. The van der Waals surface area contributed by atoms with Gasteiger partial charge in [-0.1, -0.05) is 47.6 Å². The SMILES string of the molecule is O=C(CSc1nc2ccccc2[nH]1)N1N=C(c2ccc(Cl)cc2)CC1c1ccco1. The number of carbonyl (C=O) groups excluding carboxylic acids is 1. The summed E-state index contributed by atoms with van der Waals surface area (Å²) in [4.78, 5) is 20.8. The summed E-state index contributed by atoms with van der Waals surface area (Å²) >= 11 is 7.37. The molecular formula is C22H17ClN4O2S. The van der Waals surface area contributed by atoms with Crippen LogP contribution in [0.15, 0.2) is 81.6 Å². The van der Waals surface area contributed by atoms with Crippen molar-refractivity contribution in [2.24, 2.45) is 5.10 Å². The van der Waals surface area contributed by atoms with Gasteiger partial charge >= 0.3 is 0 Å². The Morgan fingerprint density at radius 1 is 1.17 bits per heavy atom. The van der Waals surface area contributed by atoms with E-state index in [1.54, 1.807) is 6.26 Å². The number of benzene rings is 2. The van der Waals surface area contributed by atoms with Crippen LogP contribution in [0.4, 0.5) is 0 Å². The quantitative estimate of drug-likeness (QED) is 0.432. The molecule has 6 nitrogen and oxygen atoms in total. The Morgan fingerprint density at radius 2 is 2.00 bits per heavy atom. The van der Waals surface area contributed by atoms with Crippen LogP contribution in [-0.2, 0) is 4.79 Å². The van der Waals surface area contributed by atoms with Crippen molar-refractivity contribution < 1.29 is 9.21 Å². The summed E-state index contributed by atoms with van der Waals surface area (Å²) in [6, 6.07) is 18.7. The minimum Gasteiger partial charge on any atom is -0.467 e. The summed E-state index contributed by atoms with van der Waals surface area (Å²) in [5, 5.41) is 7.53. The first kappa shape index (κ1) is 19.0. The lowest BCUT2D eigenvalue weighted by molar-refractivity contribution is -0.130. The van der Waals surface area contributed by atoms with Gasteiger partial charge in [0.1, 0.15) is 11.8 Å². The Hall–Kier alpha value is -3.03. The van der Waals surface area contributed by atoms with Crippen LogP contribution in [0, 0.1) is 0 Å². The minimum atomic E-state index is -0.269. The fraction of sp³-hybridized carbons (Fsp3) is 0.136. The van der Waals surface area contributed by atoms with Crippen LogP contribution in [0.3, 0.4) is 0 Å². The second-order valence-corrected chi connectivity index (χ2v) is 8.28. The van der Waals surface area contributed by atoms with Crippen molar-refractivity contribution in [3.63, 3.8) is 0 Å². The summed E-state index contributed by atoms with van der Waals surface area (Å²) in [6.07, 6.45) is 2.19. The number of fused-ring (bicyclic) bond motifs is 1. The molecule has 0 fully saturated rings. The first-order valence-electron chi connectivity index (χ1n) is 9.44. The summed E-state index contributed by atoms with van der Waals surface area (Å²) in [5.41, 5.74) is 3.60. The van der Waals surface area contributed by atoms with Crippen molar-refractivity contribution in [2.45, 2.75) is 17.6 Å². The molecule has 0 aliphatic carbocycles. The molecule has 3 heterocycles. The second-order valence-electron chi connectivity index (χ2n) is 6.88. The number of para-hydroxylation sites is 2. The number of thioether (sulfide) groups is 1. The molecule has 8 heteroatoms. The Morgan fingerprint density at radius 3 is 2.77 bits per heavy atom. The number of hydrazone groups is 1. The van der Waals surface area contributed by atoms with Crippen LogP contribution < -0.4 is 0 Å². The molecule has 0 radical (unpaired) electrons. The Labute approximate surface area is 181 Å². The van der Waals surface area contributed by atoms with Crippen molar-refractivity contribution in [2.75, 3.05) is 5.75 Å². The highest BCUT2D eigenvalue weighted by atomic mass is 35.5. The molecule has 30 heavy (non-hydrogen) atoms. The van der Waals surface area contributed by atoms with E-state index in [0.717, 1.165) is 22.3 Å². The number of carbonyl (C=O) groups is 1. The van der Waals surface area contributed by atoms with E-state index in [4.69, 9.17) is 16.0 Å². The predicted octanol–water partition coefficient (Wildman–Crippen LogP) is 5.28. The average molecular weight is 437 g/mol. The molecule has 2 aromatic carbocycles. The number of aromatic nitrogens is 2. The van der Waals surface area contributed by atoms with E-state index >= 15 is 0 Å². The van der Waals surface area contributed by atoms with Crippen molar-refractivity contribution in [3.8, 4) is 0 Å². The first-order valence-corrected chi connectivity index (χ1v) is 10.8. The Balaban J connectivity index is 1.37. The van der Waals surface area contributed by atoms with Crippen molar-refractivity contribution in [1.29, 1.82) is 0 Å². The molecule has 2 aromatic heterocycles. The third kappa shape index (κ3) is 3.74. The molecule has 1 N–H and O–H groups in total. The standard InChI is InChI=1S/C22H17ClN4O2S/c23-15-9-7-14(8-10-15)18-12-19(20-6-3-11-29-20)27(26-18)21(28)13-30-22-24-16-4-1-2-5-17(16)25-22/h1-11,19H,12-13H2,(H,24,25).